The number of hydrogen-bond acceptors (Lipinski definition) is 1. The van der Waals surface area contributed by atoms with E-state index in [0.29, 0.717) is 10.0 Å². The molecule has 1 N–H and O–H groups in total. The van der Waals surface area contributed by atoms with Crippen molar-refractivity contribution in [1.29, 1.82) is 0 Å². The van der Waals surface area contributed by atoms with E-state index in [-0.39, 0.29) is 0 Å². The zero-order chi connectivity index (χ0) is 17.2. The normalized spacial score (nSPS) is 11.8. The summed E-state index contributed by atoms with van der Waals surface area (Å²) < 4.78 is 6.08. The second kappa shape index (κ2) is 6.75. The summed E-state index contributed by atoms with van der Waals surface area (Å²) in [6.45, 7) is 0. The molecule has 3 aromatic carbocycles. The van der Waals surface area contributed by atoms with Gasteiger partial charge in [0.1, 0.15) is 11.3 Å². The monoisotopic (exact) mass is 366 g/mol. The van der Waals surface area contributed by atoms with Crippen molar-refractivity contribution in [2.45, 2.75) is 0 Å². The largest absolute Gasteiger partial charge is 0.456 e. The van der Waals surface area contributed by atoms with Crippen LogP contribution < -0.4 is 10.3 Å². The Morgan fingerprint density at radius 1 is 0.720 bits per heavy atom. The summed E-state index contributed by atoms with van der Waals surface area (Å²) in [5.41, 5.74) is 2.67. The van der Waals surface area contributed by atoms with Crippen molar-refractivity contribution in [1.82, 2.24) is 0 Å². The highest BCUT2D eigenvalue weighted by atomic mass is 35.5. The zero-order valence-corrected chi connectivity index (χ0v) is 14.7. The Bertz CT molecular complexity index is 1120. The molecule has 4 heteroatoms. The highest BCUT2D eigenvalue weighted by Gasteiger charge is 2.10. The van der Waals surface area contributed by atoms with Crippen LogP contribution in [-0.2, 0) is 0 Å². The van der Waals surface area contributed by atoms with E-state index in [1.807, 2.05) is 78.9 Å². The second-order valence-corrected chi connectivity index (χ2v) is 6.54. The first-order valence-corrected chi connectivity index (χ1v) is 8.59. The fourth-order valence-corrected chi connectivity index (χ4v) is 3.09. The van der Waals surface area contributed by atoms with Crippen LogP contribution in [0.2, 0.25) is 10.0 Å². The number of hydrogen-bond donors (Lipinski definition) is 1. The maximum absolute atomic E-state index is 6.19. The van der Waals surface area contributed by atoms with Gasteiger partial charge in [-0.3, -0.25) is 0 Å². The number of nitrogens with one attached hydrogen (secondary N) is 1. The van der Waals surface area contributed by atoms with Crippen molar-refractivity contribution in [2.24, 2.45) is 0 Å². The van der Waals surface area contributed by atoms with Crippen LogP contribution in [0.5, 0.6) is 0 Å². The van der Waals surface area contributed by atoms with Gasteiger partial charge in [0, 0.05) is 27.7 Å². The van der Waals surface area contributed by atoms with Crippen LogP contribution in [0.4, 0.5) is 5.69 Å². The smallest absolute Gasteiger partial charge is 0.218 e. The first-order chi connectivity index (χ1) is 12.2. The molecule has 0 aliphatic carbocycles. The first-order valence-electron chi connectivity index (χ1n) is 7.83. The number of halogens is 2. The minimum Gasteiger partial charge on any atom is -0.456 e. The van der Waals surface area contributed by atoms with E-state index in [2.05, 4.69) is 4.99 Å². The van der Waals surface area contributed by atoms with Crippen LogP contribution in [-0.4, -0.2) is 0 Å². The van der Waals surface area contributed by atoms with Gasteiger partial charge in [-0.05, 0) is 24.3 Å². The van der Waals surface area contributed by atoms with Crippen LogP contribution in [0.15, 0.2) is 83.3 Å². The van der Waals surface area contributed by atoms with Crippen molar-refractivity contribution < 1.29 is 9.41 Å². The molecule has 0 amide bonds. The van der Waals surface area contributed by atoms with Gasteiger partial charge in [0.2, 0.25) is 11.0 Å². The molecule has 0 aliphatic rings. The van der Waals surface area contributed by atoms with Crippen molar-refractivity contribution in [3.8, 4) is 11.3 Å². The lowest BCUT2D eigenvalue weighted by Crippen LogP contribution is -2.70. The molecular formula is C21H14Cl2NO+. The van der Waals surface area contributed by atoms with Crippen LogP contribution in [0, 0.1) is 0 Å². The highest BCUT2D eigenvalue weighted by molar-refractivity contribution is 6.31. The van der Waals surface area contributed by atoms with Crippen molar-refractivity contribution in [3.05, 3.63) is 94.3 Å². The van der Waals surface area contributed by atoms with Gasteiger partial charge in [-0.1, -0.05) is 59.6 Å². The quantitative estimate of drug-likeness (QED) is 0.545. The third kappa shape index (κ3) is 3.46. The SMILES string of the molecule is Clc1cccc([NH+]=c2cc(-c3ccccc3)oc3ccc(Cl)cc23)c1. The molecule has 4 aromatic rings. The molecule has 0 saturated carbocycles. The van der Waals surface area contributed by atoms with Gasteiger partial charge >= 0.3 is 0 Å². The molecule has 0 aliphatic heterocycles. The van der Waals surface area contributed by atoms with Crippen LogP contribution in [0.3, 0.4) is 0 Å². The topological polar surface area (TPSA) is 27.1 Å². The fourth-order valence-electron chi connectivity index (χ4n) is 2.73. The van der Waals surface area contributed by atoms with Gasteiger partial charge in [-0.15, -0.1) is 0 Å². The van der Waals surface area contributed by atoms with Gasteiger partial charge in [0.25, 0.3) is 0 Å². The van der Waals surface area contributed by atoms with Gasteiger partial charge in [0.05, 0.1) is 11.5 Å². The fraction of sp³-hybridized carbons (Fsp3) is 0. The maximum atomic E-state index is 6.19. The van der Waals surface area contributed by atoms with E-state index in [4.69, 9.17) is 27.6 Å². The third-order valence-corrected chi connectivity index (χ3v) is 4.36. The van der Waals surface area contributed by atoms with E-state index in [1.54, 1.807) is 0 Å². The molecule has 4 rings (SSSR count). The predicted molar refractivity (Wildman–Crippen MR) is 102 cm³/mol. The highest BCUT2D eigenvalue weighted by Crippen LogP contribution is 2.23. The minimum atomic E-state index is 0.657. The summed E-state index contributed by atoms with van der Waals surface area (Å²) in [6.07, 6.45) is 0. The Kier molecular flexibility index (Phi) is 4.31. The average molecular weight is 367 g/mol. The molecule has 0 radical (unpaired) electrons. The Morgan fingerprint density at radius 2 is 1.52 bits per heavy atom. The first kappa shape index (κ1) is 15.9. The summed E-state index contributed by atoms with van der Waals surface area (Å²) in [6, 6.07) is 25.2. The Hall–Kier alpha value is -2.55. The molecule has 25 heavy (non-hydrogen) atoms. The van der Waals surface area contributed by atoms with Crippen molar-refractivity contribution >= 4 is 39.9 Å². The van der Waals surface area contributed by atoms with E-state index < -0.39 is 0 Å². The van der Waals surface area contributed by atoms with Crippen LogP contribution >= 0.6 is 23.2 Å². The molecule has 0 spiro atoms. The molecule has 1 heterocycles. The minimum absolute atomic E-state index is 0.657. The molecule has 2 nitrogen and oxygen atoms in total. The predicted octanol–water partition coefficient (Wildman–Crippen LogP) is 4.72. The van der Waals surface area contributed by atoms with Crippen LogP contribution in [0.1, 0.15) is 0 Å². The summed E-state index contributed by atoms with van der Waals surface area (Å²) in [5, 5.41) is 3.15. The number of benzene rings is 3. The summed E-state index contributed by atoms with van der Waals surface area (Å²) in [4.78, 5) is 3.42. The molecule has 0 unspecified atom stereocenters. The molecule has 1 aromatic heterocycles. The third-order valence-electron chi connectivity index (χ3n) is 3.89. The van der Waals surface area contributed by atoms with Gasteiger partial charge < -0.3 is 4.42 Å². The van der Waals surface area contributed by atoms with E-state index in [9.17, 15) is 0 Å². The standard InChI is InChI=1S/C21H13Cl2NO/c22-15-7-4-8-17(11-15)24-19-13-21(14-5-2-1-3-6-14)25-20-10-9-16(23)12-18(19)20/h1-13H/p+1. The van der Waals surface area contributed by atoms with E-state index >= 15 is 0 Å². The lowest BCUT2D eigenvalue weighted by molar-refractivity contribution is -0.400. The molecule has 0 bridgehead atoms. The Balaban J connectivity index is 2.02. The Morgan fingerprint density at radius 3 is 2.32 bits per heavy atom. The van der Waals surface area contributed by atoms with E-state index in [1.165, 1.54) is 0 Å². The van der Waals surface area contributed by atoms with Crippen LogP contribution in [0.25, 0.3) is 22.3 Å². The molecule has 122 valence electrons. The number of fused-ring (bicyclic) bond motifs is 1. The van der Waals surface area contributed by atoms with Gasteiger partial charge in [0.15, 0.2) is 0 Å². The molecule has 0 fully saturated rings. The lowest BCUT2D eigenvalue weighted by Gasteiger charge is -2.03. The summed E-state index contributed by atoms with van der Waals surface area (Å²) >= 11 is 12.3. The van der Waals surface area contributed by atoms with Gasteiger partial charge in [-0.2, -0.15) is 0 Å². The second-order valence-electron chi connectivity index (χ2n) is 5.67. The van der Waals surface area contributed by atoms with E-state index in [0.717, 1.165) is 33.3 Å². The van der Waals surface area contributed by atoms with Crippen molar-refractivity contribution in [3.63, 3.8) is 0 Å². The Labute approximate surface area is 155 Å². The summed E-state index contributed by atoms with van der Waals surface area (Å²) in [7, 11) is 0. The summed E-state index contributed by atoms with van der Waals surface area (Å²) in [5.74, 6) is 0.778. The zero-order valence-electron chi connectivity index (χ0n) is 13.2. The maximum Gasteiger partial charge on any atom is 0.218 e. The average Bonchev–Trinajstić information content (AvgIpc) is 2.63. The molecule has 0 saturated heterocycles. The molecule has 0 atom stereocenters. The molecular weight excluding hydrogens is 353 g/mol. The number of rotatable bonds is 2. The van der Waals surface area contributed by atoms with Crippen molar-refractivity contribution in [2.75, 3.05) is 0 Å². The lowest BCUT2D eigenvalue weighted by atomic mass is 10.1. The van der Waals surface area contributed by atoms with Gasteiger partial charge in [-0.25, -0.2) is 4.99 Å².